The molecule has 5 aromatic rings. The number of hydrogen-bond acceptors (Lipinski definition) is 5. The van der Waals surface area contributed by atoms with Crippen molar-refractivity contribution in [1.29, 1.82) is 0 Å². The summed E-state index contributed by atoms with van der Waals surface area (Å²) < 4.78 is 35.2. The number of carbonyl (C=O) groups excluding carboxylic acids is 2. The highest BCUT2D eigenvalue weighted by Gasteiger charge is 2.35. The summed E-state index contributed by atoms with van der Waals surface area (Å²) in [4.78, 5) is 27.4. The molecule has 1 aliphatic heterocycles. The van der Waals surface area contributed by atoms with Gasteiger partial charge in [-0.3, -0.25) is 9.59 Å². The quantitative estimate of drug-likeness (QED) is 0.139. The number of nitrogens with zero attached hydrogens (tertiary/aromatic N) is 1. The van der Waals surface area contributed by atoms with Gasteiger partial charge in [0.15, 0.2) is 6.29 Å². The van der Waals surface area contributed by atoms with Gasteiger partial charge >= 0.3 is 5.97 Å². The molecule has 3 atom stereocenters. The number of benzene rings is 4. The minimum atomic E-state index is -0.662. The number of halogens is 1. The Morgan fingerprint density at radius 1 is 0.827 bits per heavy atom. The first-order chi connectivity index (χ1) is 25.0. The maximum absolute atomic E-state index is 14.5. The molecule has 1 amide bonds. The summed E-state index contributed by atoms with van der Waals surface area (Å²) in [5.74, 6) is -0.939. The Kier molecular flexibility index (Phi) is 11.4. The van der Waals surface area contributed by atoms with Gasteiger partial charge in [0.05, 0.1) is 29.9 Å². The normalized spacial score (nSPS) is 17.6. The fourth-order valence-electron chi connectivity index (χ4n) is 6.92. The van der Waals surface area contributed by atoms with Crippen LogP contribution in [-0.4, -0.2) is 34.3 Å². The largest absolute Gasteiger partial charge is 0.460 e. The third-order valence-electron chi connectivity index (χ3n) is 9.01. The standard InChI is InChI=1S/C44H47FN2O5/c1-29(2)40-39(42(49)46-34-19-13-8-14-20-34)38(30-15-9-6-10-16-30)41(31-21-23-33(45)24-22-31)47(40)26-25-35-27-36(28-37(48)52-44(3,4)5)51-43(50-35)32-17-11-7-12-18-32/h6-24,29,35-36,43H,25-28H2,1-5H3,(H,46,49)/t35-,36-,43?/m1/s1. The minimum Gasteiger partial charge on any atom is -0.460 e. The van der Waals surface area contributed by atoms with Gasteiger partial charge in [-0.15, -0.1) is 0 Å². The molecule has 0 radical (unpaired) electrons. The first-order valence-electron chi connectivity index (χ1n) is 18.0. The molecule has 2 heterocycles. The SMILES string of the molecule is CC(C)c1c(C(=O)Nc2ccccc2)c(-c2ccccc2)c(-c2ccc(F)cc2)n1CC[C@@H]1C[C@H](CC(=O)OC(C)(C)C)OC(c2ccccc2)O1. The van der Waals surface area contributed by atoms with Crippen LogP contribution in [0.15, 0.2) is 115 Å². The Morgan fingerprint density at radius 3 is 2.04 bits per heavy atom. The molecular formula is C44H47FN2O5. The molecule has 4 aromatic carbocycles. The summed E-state index contributed by atoms with van der Waals surface area (Å²) >= 11 is 0. The second-order valence-corrected chi connectivity index (χ2v) is 14.6. The molecule has 1 N–H and O–H groups in total. The van der Waals surface area contributed by atoms with Crippen LogP contribution in [0, 0.1) is 5.82 Å². The molecule has 7 nitrogen and oxygen atoms in total. The van der Waals surface area contributed by atoms with E-state index in [1.54, 1.807) is 12.1 Å². The van der Waals surface area contributed by atoms with Crippen LogP contribution in [0.4, 0.5) is 10.1 Å². The summed E-state index contributed by atoms with van der Waals surface area (Å²) in [6.07, 6.45) is -0.212. The first kappa shape index (κ1) is 36.7. The first-order valence-corrected chi connectivity index (χ1v) is 18.0. The third-order valence-corrected chi connectivity index (χ3v) is 9.01. The lowest BCUT2D eigenvalue weighted by molar-refractivity contribution is -0.251. The van der Waals surface area contributed by atoms with Gasteiger partial charge in [0.25, 0.3) is 5.91 Å². The number of aromatic nitrogens is 1. The highest BCUT2D eigenvalue weighted by Crippen LogP contribution is 2.43. The van der Waals surface area contributed by atoms with Gasteiger partial charge in [-0.2, -0.15) is 0 Å². The van der Waals surface area contributed by atoms with Crippen molar-refractivity contribution in [2.45, 2.75) is 90.4 Å². The van der Waals surface area contributed by atoms with E-state index in [1.807, 2.05) is 112 Å². The molecule has 1 unspecified atom stereocenters. The van der Waals surface area contributed by atoms with Crippen molar-refractivity contribution in [1.82, 2.24) is 4.57 Å². The fraction of sp³-hybridized carbons (Fsp3) is 0.318. The van der Waals surface area contributed by atoms with E-state index in [0.717, 1.165) is 33.6 Å². The van der Waals surface area contributed by atoms with E-state index in [9.17, 15) is 14.0 Å². The Balaban J connectivity index is 1.43. The molecule has 1 aliphatic rings. The van der Waals surface area contributed by atoms with Crippen molar-refractivity contribution in [3.05, 3.63) is 138 Å². The van der Waals surface area contributed by atoms with E-state index in [2.05, 4.69) is 23.7 Å². The number of hydrogen-bond donors (Lipinski definition) is 1. The zero-order valence-electron chi connectivity index (χ0n) is 30.5. The van der Waals surface area contributed by atoms with Crippen LogP contribution in [-0.2, 0) is 25.5 Å². The van der Waals surface area contributed by atoms with E-state index < -0.39 is 18.0 Å². The fourth-order valence-corrected chi connectivity index (χ4v) is 6.92. The summed E-state index contributed by atoms with van der Waals surface area (Å²) in [6, 6.07) is 35.5. The van der Waals surface area contributed by atoms with Crippen molar-refractivity contribution in [2.24, 2.45) is 0 Å². The highest BCUT2D eigenvalue weighted by atomic mass is 19.1. The maximum atomic E-state index is 14.5. The van der Waals surface area contributed by atoms with Crippen LogP contribution in [0.1, 0.15) is 87.7 Å². The summed E-state index contributed by atoms with van der Waals surface area (Å²) in [5, 5.41) is 3.14. The van der Waals surface area contributed by atoms with Gasteiger partial charge in [-0.1, -0.05) is 92.7 Å². The lowest BCUT2D eigenvalue weighted by atomic mass is 9.94. The van der Waals surface area contributed by atoms with E-state index in [1.165, 1.54) is 12.1 Å². The van der Waals surface area contributed by atoms with Gasteiger partial charge in [-0.05, 0) is 80.6 Å². The average molecular weight is 703 g/mol. The zero-order chi connectivity index (χ0) is 36.8. The lowest BCUT2D eigenvalue weighted by Crippen LogP contribution is -2.37. The zero-order valence-corrected chi connectivity index (χ0v) is 30.5. The molecular weight excluding hydrogens is 655 g/mol. The number of ether oxygens (including phenoxy) is 3. The molecule has 1 fully saturated rings. The molecule has 0 saturated carbocycles. The highest BCUT2D eigenvalue weighted by molar-refractivity contribution is 6.12. The van der Waals surface area contributed by atoms with Gasteiger partial charge in [0.2, 0.25) is 0 Å². The van der Waals surface area contributed by atoms with E-state index >= 15 is 0 Å². The molecule has 0 spiro atoms. The second kappa shape index (κ2) is 16.1. The van der Waals surface area contributed by atoms with Crippen LogP contribution in [0.5, 0.6) is 0 Å². The van der Waals surface area contributed by atoms with E-state index in [-0.39, 0.29) is 36.1 Å². The molecule has 270 valence electrons. The number of esters is 1. The molecule has 0 bridgehead atoms. The van der Waals surface area contributed by atoms with Crippen LogP contribution in [0.25, 0.3) is 22.4 Å². The van der Waals surface area contributed by atoms with Crippen molar-refractivity contribution >= 4 is 17.6 Å². The maximum Gasteiger partial charge on any atom is 0.308 e. The molecule has 8 heteroatoms. The molecule has 52 heavy (non-hydrogen) atoms. The van der Waals surface area contributed by atoms with Crippen LogP contribution in [0.2, 0.25) is 0 Å². The lowest BCUT2D eigenvalue weighted by Gasteiger charge is -2.36. The summed E-state index contributed by atoms with van der Waals surface area (Å²) in [5.41, 5.74) is 5.65. The van der Waals surface area contributed by atoms with Crippen molar-refractivity contribution in [3.63, 3.8) is 0 Å². The monoisotopic (exact) mass is 702 g/mol. The predicted octanol–water partition coefficient (Wildman–Crippen LogP) is 10.3. The average Bonchev–Trinajstić information content (AvgIpc) is 3.47. The van der Waals surface area contributed by atoms with Gasteiger partial charge in [0, 0.05) is 35.5 Å². The topological polar surface area (TPSA) is 78.8 Å². The number of para-hydroxylation sites is 1. The predicted molar refractivity (Wildman–Crippen MR) is 202 cm³/mol. The summed E-state index contributed by atoms with van der Waals surface area (Å²) in [7, 11) is 0. The second-order valence-electron chi connectivity index (χ2n) is 14.6. The Labute approximate surface area is 305 Å². The van der Waals surface area contributed by atoms with Crippen molar-refractivity contribution in [3.8, 4) is 22.4 Å². The molecule has 6 rings (SSSR count). The van der Waals surface area contributed by atoms with Crippen molar-refractivity contribution < 1.29 is 28.2 Å². The molecule has 1 aromatic heterocycles. The molecule has 1 saturated heterocycles. The number of nitrogens with one attached hydrogen (secondary N) is 1. The van der Waals surface area contributed by atoms with Gasteiger partial charge < -0.3 is 24.1 Å². The smallest absolute Gasteiger partial charge is 0.308 e. The third kappa shape index (κ3) is 8.87. The number of amides is 1. The van der Waals surface area contributed by atoms with Crippen molar-refractivity contribution in [2.75, 3.05) is 5.32 Å². The van der Waals surface area contributed by atoms with E-state index in [0.29, 0.717) is 30.6 Å². The van der Waals surface area contributed by atoms with E-state index in [4.69, 9.17) is 14.2 Å². The number of rotatable bonds is 11. The summed E-state index contributed by atoms with van der Waals surface area (Å²) in [6.45, 7) is 10.2. The van der Waals surface area contributed by atoms with Gasteiger partial charge in [-0.25, -0.2) is 4.39 Å². The van der Waals surface area contributed by atoms with Gasteiger partial charge in [0.1, 0.15) is 11.4 Å². The Hall–Kier alpha value is -5.05. The van der Waals surface area contributed by atoms with Crippen LogP contribution < -0.4 is 5.32 Å². The minimum absolute atomic E-state index is 0.0548. The van der Waals surface area contributed by atoms with Crippen LogP contribution >= 0.6 is 0 Å². The Morgan fingerprint density at radius 2 is 1.42 bits per heavy atom. The Bertz CT molecular complexity index is 1950. The van der Waals surface area contributed by atoms with Crippen LogP contribution in [0.3, 0.4) is 0 Å². The molecule has 0 aliphatic carbocycles. The number of carbonyl (C=O) groups is 2. The number of anilines is 1.